The third-order valence-corrected chi connectivity index (χ3v) is 5.55. The average molecular weight is 370 g/mol. The second-order valence-electron chi connectivity index (χ2n) is 7.69. The highest BCUT2D eigenvalue weighted by Gasteiger charge is 2.19. The largest absolute Gasteiger partial charge is 0.264 e. The fraction of sp³-hybridized carbons (Fsp3) is 0.231. The molecule has 0 amide bonds. The first-order chi connectivity index (χ1) is 14.2. The summed E-state index contributed by atoms with van der Waals surface area (Å²) in [5.41, 5.74) is 7.58. The molecule has 140 valence electrons. The van der Waals surface area contributed by atoms with Gasteiger partial charge >= 0.3 is 0 Å². The molecular formula is C26H27N2+. The van der Waals surface area contributed by atoms with E-state index in [-0.39, 0.29) is 0 Å². The third-order valence-electron chi connectivity index (χ3n) is 5.55. The Kier molecular flexibility index (Phi) is 4.11. The summed E-state index contributed by atoms with van der Waals surface area (Å²) in [6, 6.07) is 16.5. The highest BCUT2D eigenvalue weighted by Crippen LogP contribution is 2.33. The van der Waals surface area contributed by atoms with E-state index in [9.17, 15) is 0 Å². The van der Waals surface area contributed by atoms with Gasteiger partial charge in [0, 0.05) is 25.4 Å². The molecule has 2 heteroatoms. The number of hydrogen-bond donors (Lipinski definition) is 0. The first kappa shape index (κ1) is 16.0. The maximum Gasteiger partial charge on any atom is 0.220 e. The molecule has 2 nitrogen and oxygen atoms in total. The lowest BCUT2D eigenvalue weighted by Crippen LogP contribution is -2.30. The van der Waals surface area contributed by atoms with Crippen molar-refractivity contribution in [3.05, 3.63) is 83.8 Å². The number of pyridine rings is 2. The lowest BCUT2D eigenvalue weighted by atomic mass is 9.90. The summed E-state index contributed by atoms with van der Waals surface area (Å²) in [6.07, 6.45) is 4.09. The molecule has 0 saturated carbocycles. The summed E-state index contributed by atoms with van der Waals surface area (Å²) in [7, 11) is 1.94. The molecule has 0 radical (unpaired) electrons. The molecular weight excluding hydrogens is 340 g/mol. The number of aryl methyl sites for hydroxylation is 1. The van der Waals surface area contributed by atoms with Gasteiger partial charge in [0.1, 0.15) is 8.42 Å². The fourth-order valence-corrected chi connectivity index (χ4v) is 3.74. The van der Waals surface area contributed by atoms with Gasteiger partial charge in [-0.05, 0) is 71.6 Å². The predicted octanol–water partition coefficient (Wildman–Crippen LogP) is 6.13. The zero-order valence-electron chi connectivity index (χ0n) is 19.2. The minimum atomic E-state index is -0.687. The minimum absolute atomic E-state index is 0.452. The highest BCUT2D eigenvalue weighted by molar-refractivity contribution is 5.96. The Morgan fingerprint density at radius 1 is 1.04 bits per heavy atom. The molecule has 0 aliphatic heterocycles. The van der Waals surface area contributed by atoms with Gasteiger partial charge in [-0.25, -0.2) is 4.57 Å². The Labute approximate surface area is 170 Å². The molecule has 0 bridgehead atoms. The van der Waals surface area contributed by atoms with E-state index in [2.05, 4.69) is 49.2 Å². The van der Waals surface area contributed by atoms with Gasteiger partial charge in [-0.15, -0.1) is 0 Å². The third kappa shape index (κ3) is 3.20. The van der Waals surface area contributed by atoms with Crippen LogP contribution in [0, 0.1) is 13.8 Å². The van der Waals surface area contributed by atoms with E-state index in [1.165, 1.54) is 11.1 Å². The molecule has 2 heterocycles. The summed E-state index contributed by atoms with van der Waals surface area (Å²) in [6.45, 7) is 8.05. The number of aromatic nitrogens is 2. The SMILES string of the molecule is [2H]c1cc2cc(-c3cccnc3)ccc2c(-c2cc(C([2H])(C)C)cc(C)c2C)[n+]1C. The maximum atomic E-state index is 8.58. The summed E-state index contributed by atoms with van der Waals surface area (Å²) < 4.78 is 19.1. The van der Waals surface area contributed by atoms with E-state index in [4.69, 9.17) is 2.74 Å². The smallest absolute Gasteiger partial charge is 0.220 e. The summed E-state index contributed by atoms with van der Waals surface area (Å²) in [5.74, 6) is -0.687. The van der Waals surface area contributed by atoms with Crippen molar-refractivity contribution in [2.45, 2.75) is 33.6 Å². The number of rotatable bonds is 3. The van der Waals surface area contributed by atoms with Crippen molar-refractivity contribution in [3.8, 4) is 22.4 Å². The van der Waals surface area contributed by atoms with E-state index in [0.717, 1.165) is 38.7 Å². The van der Waals surface area contributed by atoms with Crippen LogP contribution in [0.5, 0.6) is 0 Å². The van der Waals surface area contributed by atoms with Gasteiger partial charge in [-0.2, -0.15) is 0 Å². The van der Waals surface area contributed by atoms with Crippen LogP contribution >= 0.6 is 0 Å². The molecule has 0 aliphatic carbocycles. The monoisotopic (exact) mass is 369 g/mol. The summed E-state index contributed by atoms with van der Waals surface area (Å²) in [5, 5.41) is 2.13. The van der Waals surface area contributed by atoms with Crippen molar-refractivity contribution in [2.24, 2.45) is 7.05 Å². The highest BCUT2D eigenvalue weighted by atomic mass is 14.9. The van der Waals surface area contributed by atoms with Crippen LogP contribution in [0.4, 0.5) is 0 Å². The molecule has 0 spiro atoms. The fourth-order valence-electron chi connectivity index (χ4n) is 3.74. The molecule has 2 aromatic heterocycles. The molecule has 0 N–H and O–H groups in total. The molecule has 2 aromatic carbocycles. The molecule has 4 rings (SSSR count). The van der Waals surface area contributed by atoms with Crippen LogP contribution < -0.4 is 4.57 Å². The van der Waals surface area contributed by atoms with Crippen LogP contribution in [0.15, 0.2) is 67.1 Å². The van der Waals surface area contributed by atoms with Crippen molar-refractivity contribution in [1.82, 2.24) is 4.98 Å². The number of hydrogen-bond acceptors (Lipinski definition) is 1. The molecule has 0 unspecified atom stereocenters. The van der Waals surface area contributed by atoms with Crippen molar-refractivity contribution < 1.29 is 7.31 Å². The van der Waals surface area contributed by atoms with Crippen LogP contribution in [0.25, 0.3) is 33.2 Å². The Morgan fingerprint density at radius 3 is 2.57 bits per heavy atom. The first-order valence-electron chi connectivity index (χ1n) is 10.6. The van der Waals surface area contributed by atoms with Crippen LogP contribution in [0.1, 0.15) is 39.2 Å². The van der Waals surface area contributed by atoms with Crippen molar-refractivity contribution in [2.75, 3.05) is 0 Å². The maximum absolute atomic E-state index is 8.58. The van der Waals surface area contributed by atoms with Gasteiger partial charge in [-0.3, -0.25) is 4.98 Å². The van der Waals surface area contributed by atoms with E-state index >= 15 is 0 Å². The second kappa shape index (κ2) is 7.20. The molecule has 0 atom stereocenters. The Bertz CT molecular complexity index is 1260. The summed E-state index contributed by atoms with van der Waals surface area (Å²) >= 11 is 0. The average Bonchev–Trinajstić information content (AvgIpc) is 2.71. The second-order valence-corrected chi connectivity index (χ2v) is 7.69. The van der Waals surface area contributed by atoms with Crippen molar-refractivity contribution >= 4 is 10.8 Å². The predicted molar refractivity (Wildman–Crippen MR) is 117 cm³/mol. The van der Waals surface area contributed by atoms with Gasteiger partial charge in [0.2, 0.25) is 5.69 Å². The number of nitrogens with zero attached hydrogens (tertiary/aromatic N) is 2. The van der Waals surface area contributed by atoms with Crippen LogP contribution in [-0.2, 0) is 7.05 Å². The minimum Gasteiger partial charge on any atom is -0.264 e. The Hall–Kier alpha value is -3.00. The standard InChI is InChI=1S/C26H27N2/c1-17(2)23-13-18(3)19(4)25(15-23)26-24-9-8-20(22-7-6-11-27-16-22)14-21(24)10-12-28(26)5/h6-17H,1-5H3/q+1/i12D,17D. The molecule has 28 heavy (non-hydrogen) atoms. The van der Waals surface area contributed by atoms with Gasteiger partial charge in [0.05, 0.1) is 10.9 Å². The van der Waals surface area contributed by atoms with Crippen molar-refractivity contribution in [3.63, 3.8) is 0 Å². The van der Waals surface area contributed by atoms with Crippen LogP contribution in [0.2, 0.25) is 0 Å². The van der Waals surface area contributed by atoms with Gasteiger partial charge < -0.3 is 0 Å². The Morgan fingerprint density at radius 2 is 1.86 bits per heavy atom. The topological polar surface area (TPSA) is 16.8 Å². The van der Waals surface area contributed by atoms with Crippen LogP contribution in [-0.4, -0.2) is 4.98 Å². The molecule has 4 aromatic rings. The number of fused-ring (bicyclic) bond motifs is 1. The molecule has 0 saturated heterocycles. The van der Waals surface area contributed by atoms with E-state index in [1.54, 1.807) is 6.20 Å². The lowest BCUT2D eigenvalue weighted by Gasteiger charge is -2.15. The number of benzene rings is 2. The van der Waals surface area contributed by atoms with E-state index in [0.29, 0.717) is 6.17 Å². The van der Waals surface area contributed by atoms with Crippen molar-refractivity contribution in [1.29, 1.82) is 0 Å². The van der Waals surface area contributed by atoms with E-state index < -0.39 is 5.89 Å². The zero-order valence-corrected chi connectivity index (χ0v) is 17.2. The first-order valence-corrected chi connectivity index (χ1v) is 9.62. The van der Waals surface area contributed by atoms with E-state index in [1.807, 2.05) is 49.9 Å². The van der Waals surface area contributed by atoms with Crippen LogP contribution in [0.3, 0.4) is 0 Å². The van der Waals surface area contributed by atoms with Gasteiger partial charge in [0.15, 0.2) is 6.17 Å². The normalized spacial score (nSPS) is 12.8. The zero-order chi connectivity index (χ0) is 21.6. The quantitative estimate of drug-likeness (QED) is 0.397. The Balaban J connectivity index is 2.02. The van der Waals surface area contributed by atoms with Gasteiger partial charge in [0.25, 0.3) is 0 Å². The molecule has 0 fully saturated rings. The van der Waals surface area contributed by atoms with Gasteiger partial charge in [-0.1, -0.05) is 32.0 Å². The summed E-state index contributed by atoms with van der Waals surface area (Å²) in [4.78, 5) is 4.23. The lowest BCUT2D eigenvalue weighted by molar-refractivity contribution is -0.659. The molecule has 0 aliphatic rings.